The van der Waals surface area contributed by atoms with Crippen LogP contribution < -0.4 is 21.2 Å². The Hall–Kier alpha value is -2.30. The Morgan fingerprint density at radius 2 is 2.00 bits per heavy atom. The third-order valence-corrected chi connectivity index (χ3v) is 3.02. The number of benzene rings is 1. The van der Waals surface area contributed by atoms with Gasteiger partial charge in [0.15, 0.2) is 0 Å². The van der Waals surface area contributed by atoms with Crippen LogP contribution in [0.4, 0.5) is 0 Å². The molecular weight excluding hydrogens is 242 g/mol. The van der Waals surface area contributed by atoms with Crippen LogP contribution in [0.5, 0.6) is 0 Å². The molecule has 5 nitrogen and oxygen atoms in total. The van der Waals surface area contributed by atoms with Gasteiger partial charge in [-0.05, 0) is 6.92 Å². The van der Waals surface area contributed by atoms with Gasteiger partial charge in [0.05, 0.1) is 0 Å². The molecule has 1 atom stereocenters. The smallest absolute Gasteiger partial charge is 0.251 e. The highest BCUT2D eigenvalue weighted by atomic mass is 16.2. The van der Waals surface area contributed by atoms with Crippen molar-refractivity contribution in [1.29, 1.82) is 0 Å². The number of amides is 2. The van der Waals surface area contributed by atoms with E-state index in [9.17, 15) is 9.59 Å². The molecule has 0 fully saturated rings. The van der Waals surface area contributed by atoms with Gasteiger partial charge in [0.25, 0.3) is 5.91 Å². The molecule has 0 spiro atoms. The molecule has 19 heavy (non-hydrogen) atoms. The zero-order chi connectivity index (χ0) is 13.8. The van der Waals surface area contributed by atoms with Crippen LogP contribution in [0.3, 0.4) is 0 Å². The molecule has 0 radical (unpaired) electrons. The van der Waals surface area contributed by atoms with Gasteiger partial charge in [-0.1, -0.05) is 31.2 Å². The summed E-state index contributed by atoms with van der Waals surface area (Å²) in [7, 11) is 0. The van der Waals surface area contributed by atoms with Crippen molar-refractivity contribution in [3.8, 4) is 0 Å². The van der Waals surface area contributed by atoms with Crippen LogP contribution in [0.15, 0.2) is 24.3 Å². The molecule has 1 aromatic rings. The lowest BCUT2D eigenvalue weighted by molar-refractivity contribution is -0.132. The fourth-order valence-electron chi connectivity index (χ4n) is 1.77. The van der Waals surface area contributed by atoms with Gasteiger partial charge in [-0.15, -0.1) is 0 Å². The zero-order valence-corrected chi connectivity index (χ0v) is 11.0. The summed E-state index contributed by atoms with van der Waals surface area (Å²) in [6, 6.07) is 7.39. The van der Waals surface area contributed by atoms with Crippen molar-refractivity contribution in [2.24, 2.45) is 0 Å². The van der Waals surface area contributed by atoms with Crippen molar-refractivity contribution >= 4 is 24.2 Å². The number of imide groups is 1. The molecule has 1 unspecified atom stereocenters. The van der Waals surface area contributed by atoms with Crippen LogP contribution in [0.2, 0.25) is 0 Å². The maximum absolute atomic E-state index is 11.9. The minimum absolute atomic E-state index is 0.266. The Balaban J connectivity index is 2.14. The van der Waals surface area contributed by atoms with Crippen LogP contribution in [-0.2, 0) is 9.59 Å². The monoisotopic (exact) mass is 259 g/mol. The summed E-state index contributed by atoms with van der Waals surface area (Å²) in [5, 5.41) is 6.13. The zero-order valence-electron chi connectivity index (χ0n) is 11.0. The topological polar surface area (TPSA) is 61.4 Å². The SMILES string of the molecule is CCC(=O)NC(=O)C(C)N1C=c2ccccc2=CN1. The van der Waals surface area contributed by atoms with Crippen LogP contribution >= 0.6 is 0 Å². The van der Waals surface area contributed by atoms with E-state index in [2.05, 4.69) is 10.7 Å². The number of hydrogen-bond donors (Lipinski definition) is 2. The van der Waals surface area contributed by atoms with E-state index < -0.39 is 6.04 Å². The molecule has 1 heterocycles. The van der Waals surface area contributed by atoms with Gasteiger partial charge in [0.2, 0.25) is 5.91 Å². The molecule has 0 bridgehead atoms. The lowest BCUT2D eigenvalue weighted by Crippen LogP contribution is -2.52. The third kappa shape index (κ3) is 2.93. The second-order valence-electron chi connectivity index (χ2n) is 4.38. The van der Waals surface area contributed by atoms with E-state index in [4.69, 9.17) is 0 Å². The van der Waals surface area contributed by atoms with Gasteiger partial charge >= 0.3 is 0 Å². The average molecular weight is 259 g/mol. The minimum Gasteiger partial charge on any atom is -0.305 e. The summed E-state index contributed by atoms with van der Waals surface area (Å²) in [4.78, 5) is 23.1. The van der Waals surface area contributed by atoms with E-state index >= 15 is 0 Å². The highest BCUT2D eigenvalue weighted by Gasteiger charge is 2.20. The van der Waals surface area contributed by atoms with E-state index in [1.54, 1.807) is 18.9 Å². The molecular formula is C14H17N3O2. The predicted molar refractivity (Wildman–Crippen MR) is 72.5 cm³/mol. The molecule has 1 aliphatic rings. The maximum atomic E-state index is 11.9. The quantitative estimate of drug-likeness (QED) is 0.763. The van der Waals surface area contributed by atoms with Crippen molar-refractivity contribution in [2.75, 3.05) is 0 Å². The summed E-state index contributed by atoms with van der Waals surface area (Å²) >= 11 is 0. The van der Waals surface area contributed by atoms with Gasteiger partial charge < -0.3 is 5.43 Å². The third-order valence-electron chi connectivity index (χ3n) is 3.02. The average Bonchev–Trinajstić information content (AvgIpc) is 2.45. The standard InChI is InChI=1S/C14H17N3O2/c1-3-13(18)16-14(19)10(2)17-9-12-7-5-4-6-11(12)8-15-17/h4-10,15H,3H2,1-2H3,(H,16,18,19). The fraction of sp³-hybridized carbons (Fsp3) is 0.286. The van der Waals surface area contributed by atoms with Crippen molar-refractivity contribution in [2.45, 2.75) is 26.3 Å². The van der Waals surface area contributed by atoms with Gasteiger partial charge in [-0.3, -0.25) is 19.9 Å². The number of rotatable bonds is 3. The summed E-state index contributed by atoms with van der Waals surface area (Å²) in [5.74, 6) is -0.582. The van der Waals surface area contributed by atoms with Crippen LogP contribution in [0.25, 0.3) is 12.4 Å². The maximum Gasteiger partial charge on any atom is 0.251 e. The Morgan fingerprint density at radius 1 is 1.32 bits per heavy atom. The van der Waals surface area contributed by atoms with Crippen molar-refractivity contribution in [3.05, 3.63) is 34.7 Å². The Kier molecular flexibility index (Phi) is 3.85. The van der Waals surface area contributed by atoms with Crippen LogP contribution in [0, 0.1) is 0 Å². The molecule has 2 amide bonds. The van der Waals surface area contributed by atoms with Gasteiger partial charge in [0, 0.05) is 29.3 Å². The summed E-state index contributed by atoms with van der Waals surface area (Å²) in [6.07, 6.45) is 3.99. The summed E-state index contributed by atoms with van der Waals surface area (Å²) in [5.41, 5.74) is 3.03. The van der Waals surface area contributed by atoms with Crippen molar-refractivity contribution < 1.29 is 9.59 Å². The van der Waals surface area contributed by atoms with E-state index in [0.717, 1.165) is 10.4 Å². The first kappa shape index (κ1) is 13.1. The van der Waals surface area contributed by atoms with Crippen LogP contribution in [-0.4, -0.2) is 22.9 Å². The number of hydrazine groups is 1. The molecule has 2 N–H and O–H groups in total. The number of nitrogens with zero attached hydrogens (tertiary/aromatic N) is 1. The number of hydrogen-bond acceptors (Lipinski definition) is 4. The fourth-order valence-corrected chi connectivity index (χ4v) is 1.77. The molecule has 0 aromatic heterocycles. The molecule has 100 valence electrons. The summed E-state index contributed by atoms with van der Waals surface area (Å²) in [6.45, 7) is 3.45. The summed E-state index contributed by atoms with van der Waals surface area (Å²) < 4.78 is 0. The Labute approximate surface area is 111 Å². The van der Waals surface area contributed by atoms with E-state index in [1.165, 1.54) is 0 Å². The van der Waals surface area contributed by atoms with E-state index in [1.807, 2.05) is 36.7 Å². The lowest BCUT2D eigenvalue weighted by Gasteiger charge is -2.28. The van der Waals surface area contributed by atoms with Crippen molar-refractivity contribution in [1.82, 2.24) is 15.8 Å². The molecule has 1 aromatic carbocycles. The number of nitrogens with one attached hydrogen (secondary N) is 2. The Bertz CT molecular complexity index is 609. The van der Waals surface area contributed by atoms with Gasteiger partial charge in [-0.2, -0.15) is 0 Å². The Morgan fingerprint density at radius 3 is 2.68 bits per heavy atom. The minimum atomic E-state index is -0.472. The first-order valence-electron chi connectivity index (χ1n) is 6.27. The number of carbonyl (C=O) groups is 2. The predicted octanol–water partition coefficient (Wildman–Crippen LogP) is -0.576. The largest absolute Gasteiger partial charge is 0.305 e. The van der Waals surface area contributed by atoms with E-state index in [0.29, 0.717) is 6.42 Å². The molecule has 2 rings (SSSR count). The molecule has 5 heteroatoms. The highest BCUT2D eigenvalue weighted by molar-refractivity contribution is 5.97. The lowest BCUT2D eigenvalue weighted by atomic mass is 10.2. The normalized spacial score (nSPS) is 14.3. The molecule has 0 saturated carbocycles. The molecule has 0 aliphatic carbocycles. The van der Waals surface area contributed by atoms with Gasteiger partial charge in [-0.25, -0.2) is 0 Å². The van der Waals surface area contributed by atoms with Gasteiger partial charge in [0.1, 0.15) is 6.04 Å². The number of carbonyl (C=O) groups excluding carboxylic acids is 2. The molecule has 1 aliphatic heterocycles. The highest BCUT2D eigenvalue weighted by Crippen LogP contribution is 1.98. The van der Waals surface area contributed by atoms with Crippen LogP contribution in [0.1, 0.15) is 20.3 Å². The second kappa shape index (κ2) is 5.56. The molecule has 0 saturated heterocycles. The second-order valence-corrected chi connectivity index (χ2v) is 4.38. The first-order chi connectivity index (χ1) is 9.11. The van der Waals surface area contributed by atoms with Crippen molar-refractivity contribution in [3.63, 3.8) is 0 Å². The first-order valence-corrected chi connectivity index (χ1v) is 6.27. The van der Waals surface area contributed by atoms with E-state index in [-0.39, 0.29) is 11.8 Å². The number of fused-ring (bicyclic) bond motifs is 1.